The molecule has 0 aliphatic heterocycles. The van der Waals surface area contributed by atoms with E-state index in [9.17, 15) is 9.59 Å². The van der Waals surface area contributed by atoms with Gasteiger partial charge in [0.1, 0.15) is 0 Å². The Morgan fingerprint density at radius 3 is 1.00 bits per heavy atom. The van der Waals surface area contributed by atoms with E-state index in [2.05, 4.69) is 27.7 Å². The predicted octanol–water partition coefficient (Wildman–Crippen LogP) is 12.9. The van der Waals surface area contributed by atoms with Gasteiger partial charge in [-0.15, -0.1) is 0 Å². The van der Waals surface area contributed by atoms with E-state index in [1.165, 1.54) is 171 Å². The van der Waals surface area contributed by atoms with Gasteiger partial charge in [0.25, 0.3) is 0 Å². The fourth-order valence-corrected chi connectivity index (χ4v) is 7.52. The molecule has 6 heteroatoms. The van der Waals surface area contributed by atoms with Crippen LogP contribution in [-0.2, 0) is 0 Å². The van der Waals surface area contributed by atoms with Crippen LogP contribution in [0, 0.1) is 0 Å². The number of hydrogen-bond acceptors (Lipinski definition) is 3. The second-order valence-electron chi connectivity index (χ2n) is 13.6. The first-order valence-electron chi connectivity index (χ1n) is 19.5. The average Bonchev–Trinajstić information content (AvgIpc) is 3.08. The Labute approximate surface area is 298 Å². The summed E-state index contributed by atoms with van der Waals surface area (Å²) in [4.78, 5) is 23.2. The highest BCUT2D eigenvalue weighted by Crippen LogP contribution is 2.33. The van der Waals surface area contributed by atoms with Gasteiger partial charge in [-0.2, -0.15) is 0 Å². The maximum atomic E-state index is 11.1. The van der Waals surface area contributed by atoms with Crippen molar-refractivity contribution in [2.24, 2.45) is 0 Å². The fourth-order valence-electron chi connectivity index (χ4n) is 6.46. The van der Waals surface area contributed by atoms with Crippen LogP contribution in [0.4, 0.5) is 0 Å². The zero-order valence-corrected chi connectivity index (χ0v) is 32.0. The van der Waals surface area contributed by atoms with Crippen molar-refractivity contribution in [3.05, 3.63) is 59.7 Å². The zero-order chi connectivity index (χ0) is 35.3. The number of rotatable bonds is 28. The van der Waals surface area contributed by atoms with Crippen LogP contribution >= 0.6 is 11.8 Å². The van der Waals surface area contributed by atoms with E-state index in [4.69, 9.17) is 10.2 Å². The number of nitrogens with zero attached hydrogens (tertiary/aromatic N) is 1. The molecular formula is C42H70NO4S+. The second-order valence-corrected chi connectivity index (χ2v) is 14.7. The number of unbranched alkanes of at least 4 members (excludes halogenated alkanes) is 16. The number of hydrogen-bond donors (Lipinski definition) is 2. The zero-order valence-electron chi connectivity index (χ0n) is 31.2. The third kappa shape index (κ3) is 19.6. The molecular weight excluding hydrogens is 615 g/mol. The normalized spacial score (nSPS) is 11.2. The van der Waals surface area contributed by atoms with Gasteiger partial charge in [-0.3, -0.25) is 0 Å². The van der Waals surface area contributed by atoms with Crippen molar-refractivity contribution in [1.82, 2.24) is 0 Å². The van der Waals surface area contributed by atoms with E-state index < -0.39 is 11.9 Å². The molecule has 0 aromatic heterocycles. The third-order valence-electron chi connectivity index (χ3n) is 9.40. The minimum atomic E-state index is -1.03. The van der Waals surface area contributed by atoms with E-state index in [-0.39, 0.29) is 11.1 Å². The molecule has 0 atom stereocenters. The van der Waals surface area contributed by atoms with Crippen molar-refractivity contribution < 1.29 is 24.3 Å². The van der Waals surface area contributed by atoms with Crippen molar-refractivity contribution in [1.29, 1.82) is 0 Å². The number of carbonyl (C=O) groups is 2. The van der Waals surface area contributed by atoms with Crippen molar-refractivity contribution in [3.63, 3.8) is 0 Å². The largest absolute Gasteiger partial charge is 0.478 e. The molecule has 2 aromatic rings. The molecule has 0 heterocycles. The summed E-state index contributed by atoms with van der Waals surface area (Å²) in [6.45, 7) is 15.2. The Morgan fingerprint density at radius 1 is 0.458 bits per heavy atom. The van der Waals surface area contributed by atoms with Crippen LogP contribution < -0.4 is 0 Å². The Kier molecular flexibility index (Phi) is 26.0. The lowest BCUT2D eigenvalue weighted by Crippen LogP contribution is -2.50. The summed E-state index contributed by atoms with van der Waals surface area (Å²) in [7, 11) is 0. The smallest absolute Gasteiger partial charge is 0.336 e. The van der Waals surface area contributed by atoms with E-state index >= 15 is 0 Å². The molecule has 0 spiro atoms. The second kappa shape index (κ2) is 28.5. The van der Waals surface area contributed by atoms with Gasteiger partial charge in [0.15, 0.2) is 0 Å². The summed E-state index contributed by atoms with van der Waals surface area (Å²) < 4.78 is 1.47. The van der Waals surface area contributed by atoms with Crippen LogP contribution in [0.5, 0.6) is 0 Å². The van der Waals surface area contributed by atoms with Gasteiger partial charge in [0.2, 0.25) is 0 Å². The predicted molar refractivity (Wildman–Crippen MR) is 206 cm³/mol. The van der Waals surface area contributed by atoms with Crippen LogP contribution in [-0.4, -0.2) is 52.8 Å². The van der Waals surface area contributed by atoms with Gasteiger partial charge in [-0.05, 0) is 75.6 Å². The number of aromatic carboxylic acids is 2. The van der Waals surface area contributed by atoms with Crippen LogP contribution in [0.2, 0.25) is 0 Å². The van der Waals surface area contributed by atoms with Gasteiger partial charge in [0.05, 0.1) is 37.3 Å². The van der Waals surface area contributed by atoms with Gasteiger partial charge in [0, 0.05) is 9.79 Å². The standard InChI is InChI=1S/C28H60N.C14H10O4S/c1-5-9-13-17-21-25-29(26-22-18-14-10-6-2,27-23-19-15-11-7-3)28-24-20-16-12-8-4;15-13(16)9-5-1-3-7-11(9)19-12-8-4-2-6-10(12)14(17)18/h5-28H2,1-4H3;1-8H,(H,15,16)(H,17,18)/q+1;. The molecule has 2 aromatic carbocycles. The lowest BCUT2D eigenvalue weighted by Gasteiger charge is -2.39. The lowest BCUT2D eigenvalue weighted by molar-refractivity contribution is -0.929. The van der Waals surface area contributed by atoms with Crippen LogP contribution in [0.3, 0.4) is 0 Å². The van der Waals surface area contributed by atoms with E-state index in [0.29, 0.717) is 9.79 Å². The molecule has 2 N–H and O–H groups in total. The Morgan fingerprint density at radius 2 is 0.729 bits per heavy atom. The Hall–Kier alpha value is -2.31. The lowest BCUT2D eigenvalue weighted by atomic mass is 10.1. The summed E-state index contributed by atoms with van der Waals surface area (Å²) in [5, 5.41) is 18.2. The van der Waals surface area contributed by atoms with E-state index in [1.807, 2.05) is 0 Å². The molecule has 0 saturated heterocycles. The highest BCUT2D eigenvalue weighted by atomic mass is 32.2. The molecule has 0 saturated carbocycles. The van der Waals surface area contributed by atoms with Crippen molar-refractivity contribution >= 4 is 23.7 Å². The molecule has 272 valence electrons. The van der Waals surface area contributed by atoms with Crippen molar-refractivity contribution in [2.45, 2.75) is 166 Å². The number of benzene rings is 2. The van der Waals surface area contributed by atoms with E-state index in [0.717, 1.165) is 11.8 Å². The summed E-state index contributed by atoms with van der Waals surface area (Å²) >= 11 is 1.14. The molecule has 5 nitrogen and oxygen atoms in total. The van der Waals surface area contributed by atoms with Gasteiger partial charge in [-0.25, -0.2) is 9.59 Å². The molecule has 2 rings (SSSR count). The Balaban J connectivity index is 0.000000519. The SMILES string of the molecule is CCCCCCC[N+](CCCCCCC)(CCCCCCC)CCCCCCC.O=C(O)c1ccccc1Sc1ccccc1C(=O)O. The fraction of sp³-hybridized carbons (Fsp3) is 0.667. The molecule has 48 heavy (non-hydrogen) atoms. The Bertz CT molecular complexity index is 988. The van der Waals surface area contributed by atoms with Gasteiger partial charge < -0.3 is 14.7 Å². The third-order valence-corrected chi connectivity index (χ3v) is 10.6. The molecule has 0 aliphatic carbocycles. The van der Waals surface area contributed by atoms with Crippen LogP contribution in [0.15, 0.2) is 58.3 Å². The number of quaternary nitrogens is 1. The van der Waals surface area contributed by atoms with Crippen LogP contribution in [0.25, 0.3) is 0 Å². The summed E-state index contributed by atoms with van der Waals surface area (Å²) in [5.41, 5.74) is 0.320. The minimum Gasteiger partial charge on any atom is -0.478 e. The first-order chi connectivity index (χ1) is 23.3. The summed E-state index contributed by atoms with van der Waals surface area (Å²) in [6, 6.07) is 13.0. The molecule has 0 unspecified atom stereocenters. The van der Waals surface area contributed by atoms with E-state index in [1.54, 1.807) is 36.4 Å². The molecule has 0 aliphatic rings. The monoisotopic (exact) mass is 685 g/mol. The molecule has 0 bridgehead atoms. The highest BCUT2D eigenvalue weighted by Gasteiger charge is 2.25. The van der Waals surface area contributed by atoms with Crippen LogP contribution in [0.1, 0.15) is 177 Å². The highest BCUT2D eigenvalue weighted by molar-refractivity contribution is 7.99. The van der Waals surface area contributed by atoms with Crippen molar-refractivity contribution in [3.8, 4) is 0 Å². The maximum Gasteiger partial charge on any atom is 0.336 e. The number of carboxylic acids is 2. The first-order valence-corrected chi connectivity index (χ1v) is 20.3. The van der Waals surface area contributed by atoms with Crippen molar-refractivity contribution in [2.75, 3.05) is 26.2 Å². The first kappa shape index (κ1) is 43.7. The molecule has 0 radical (unpaired) electrons. The average molecular weight is 685 g/mol. The van der Waals surface area contributed by atoms with Gasteiger partial charge >= 0.3 is 11.9 Å². The minimum absolute atomic E-state index is 0.160. The maximum absolute atomic E-state index is 11.1. The summed E-state index contributed by atoms with van der Waals surface area (Å²) in [5.74, 6) is -2.06. The quantitative estimate of drug-likeness (QED) is 0.0689. The topological polar surface area (TPSA) is 74.6 Å². The molecule has 0 fully saturated rings. The summed E-state index contributed by atoms with van der Waals surface area (Å²) in [6.07, 6.45) is 28.8. The van der Waals surface area contributed by atoms with Gasteiger partial charge in [-0.1, -0.05) is 141 Å². The molecule has 0 amide bonds. The number of carboxylic acid groups (broad SMARTS) is 2.